The van der Waals surface area contributed by atoms with Crippen LogP contribution < -0.4 is 4.74 Å². The maximum absolute atomic E-state index is 11.5. The molecule has 88 valence electrons. The molecule has 0 unspecified atom stereocenters. The number of carbonyl (C=O) groups excluding carboxylic acids is 1. The van der Waals surface area contributed by atoms with E-state index in [1.807, 2.05) is 0 Å². The summed E-state index contributed by atoms with van der Waals surface area (Å²) in [6, 6.07) is 8.35. The van der Waals surface area contributed by atoms with Crippen LogP contribution in [-0.4, -0.2) is 11.1 Å². The Labute approximate surface area is 103 Å². The molecule has 0 bridgehead atoms. The van der Waals surface area contributed by atoms with Crippen molar-refractivity contribution in [3.05, 3.63) is 47.3 Å². The predicted molar refractivity (Wildman–Crippen MR) is 61.9 cm³/mol. The zero-order valence-electron chi connectivity index (χ0n) is 8.93. The standard InChI is InChI=1S/C12H10ClNO3/c13-9-1-4-11(5-2-9)17-12(15)6-3-10-7-8-16-14-10/h1-2,4-5,7-8H,3,6H2. The first kappa shape index (κ1) is 11.7. The van der Waals surface area contributed by atoms with Gasteiger partial charge < -0.3 is 9.26 Å². The van der Waals surface area contributed by atoms with Crippen molar-refractivity contribution in [2.45, 2.75) is 12.8 Å². The van der Waals surface area contributed by atoms with Crippen molar-refractivity contribution in [2.24, 2.45) is 0 Å². The first-order chi connectivity index (χ1) is 8.24. The summed E-state index contributed by atoms with van der Waals surface area (Å²) in [6.07, 6.45) is 2.23. The molecule has 0 radical (unpaired) electrons. The number of aryl methyl sites for hydroxylation is 1. The van der Waals surface area contributed by atoms with Crippen molar-refractivity contribution in [3.63, 3.8) is 0 Å². The van der Waals surface area contributed by atoms with Crippen molar-refractivity contribution in [2.75, 3.05) is 0 Å². The molecule has 0 spiro atoms. The highest BCUT2D eigenvalue weighted by atomic mass is 35.5. The molecule has 2 aromatic rings. The highest BCUT2D eigenvalue weighted by Crippen LogP contribution is 2.16. The van der Waals surface area contributed by atoms with Gasteiger partial charge in [-0.1, -0.05) is 16.8 Å². The number of carbonyl (C=O) groups is 1. The minimum Gasteiger partial charge on any atom is -0.427 e. The van der Waals surface area contributed by atoms with Gasteiger partial charge in [-0.15, -0.1) is 0 Å². The lowest BCUT2D eigenvalue weighted by Gasteiger charge is -2.03. The Bertz CT molecular complexity index is 479. The van der Waals surface area contributed by atoms with Gasteiger partial charge in [0.25, 0.3) is 0 Å². The van der Waals surface area contributed by atoms with Crippen LogP contribution in [0.4, 0.5) is 0 Å². The molecule has 0 saturated heterocycles. The maximum atomic E-state index is 11.5. The van der Waals surface area contributed by atoms with E-state index in [4.69, 9.17) is 16.3 Å². The van der Waals surface area contributed by atoms with Crippen LogP contribution in [0.2, 0.25) is 5.02 Å². The fraction of sp³-hybridized carbons (Fsp3) is 0.167. The Hall–Kier alpha value is -1.81. The van der Waals surface area contributed by atoms with Crippen LogP contribution in [0.25, 0.3) is 0 Å². The number of benzene rings is 1. The fourth-order valence-corrected chi connectivity index (χ4v) is 1.41. The van der Waals surface area contributed by atoms with Crippen LogP contribution in [0.15, 0.2) is 41.1 Å². The molecule has 1 aromatic heterocycles. The van der Waals surface area contributed by atoms with Gasteiger partial charge in [-0.2, -0.15) is 0 Å². The summed E-state index contributed by atoms with van der Waals surface area (Å²) in [5.74, 6) is 0.176. The molecular formula is C12H10ClNO3. The van der Waals surface area contributed by atoms with Crippen LogP contribution in [-0.2, 0) is 11.2 Å². The van der Waals surface area contributed by atoms with Gasteiger partial charge in [-0.3, -0.25) is 4.79 Å². The summed E-state index contributed by atoms with van der Waals surface area (Å²) >= 11 is 5.72. The number of nitrogens with zero attached hydrogens (tertiary/aromatic N) is 1. The summed E-state index contributed by atoms with van der Waals surface area (Å²) in [6.45, 7) is 0. The van der Waals surface area contributed by atoms with E-state index in [0.29, 0.717) is 17.2 Å². The van der Waals surface area contributed by atoms with Gasteiger partial charge in [0.2, 0.25) is 0 Å². The quantitative estimate of drug-likeness (QED) is 0.619. The van der Waals surface area contributed by atoms with Crippen LogP contribution in [0.1, 0.15) is 12.1 Å². The summed E-state index contributed by atoms with van der Waals surface area (Å²) < 4.78 is 9.77. The lowest BCUT2D eigenvalue weighted by Crippen LogP contribution is -2.09. The molecule has 0 N–H and O–H groups in total. The molecule has 1 aromatic carbocycles. The molecule has 0 atom stereocenters. The van der Waals surface area contributed by atoms with Crippen molar-refractivity contribution in [1.29, 1.82) is 0 Å². The van der Waals surface area contributed by atoms with E-state index in [1.54, 1.807) is 30.3 Å². The second kappa shape index (κ2) is 5.50. The van der Waals surface area contributed by atoms with E-state index in [1.165, 1.54) is 6.26 Å². The molecule has 5 heteroatoms. The van der Waals surface area contributed by atoms with Gasteiger partial charge in [-0.05, 0) is 24.3 Å². The second-order valence-corrected chi connectivity index (χ2v) is 3.86. The van der Waals surface area contributed by atoms with Gasteiger partial charge >= 0.3 is 5.97 Å². The first-order valence-corrected chi connectivity index (χ1v) is 5.47. The molecule has 0 saturated carbocycles. The number of aromatic nitrogens is 1. The molecular weight excluding hydrogens is 242 g/mol. The molecule has 0 fully saturated rings. The molecule has 0 aliphatic heterocycles. The number of hydrogen-bond donors (Lipinski definition) is 0. The number of ether oxygens (including phenoxy) is 1. The fourth-order valence-electron chi connectivity index (χ4n) is 1.28. The van der Waals surface area contributed by atoms with Crippen molar-refractivity contribution < 1.29 is 14.1 Å². The van der Waals surface area contributed by atoms with Gasteiger partial charge in [-0.25, -0.2) is 0 Å². The summed E-state index contributed by atoms with van der Waals surface area (Å²) in [5, 5.41) is 4.31. The van der Waals surface area contributed by atoms with Gasteiger partial charge in [0.1, 0.15) is 12.0 Å². The third kappa shape index (κ3) is 3.60. The van der Waals surface area contributed by atoms with E-state index in [9.17, 15) is 4.79 Å². The highest BCUT2D eigenvalue weighted by Gasteiger charge is 2.06. The van der Waals surface area contributed by atoms with Gasteiger partial charge in [0.15, 0.2) is 0 Å². The van der Waals surface area contributed by atoms with Crippen LogP contribution in [0, 0.1) is 0 Å². The second-order valence-electron chi connectivity index (χ2n) is 3.42. The number of esters is 1. The third-order valence-electron chi connectivity index (χ3n) is 2.12. The van der Waals surface area contributed by atoms with Crippen molar-refractivity contribution >= 4 is 17.6 Å². The number of halogens is 1. The van der Waals surface area contributed by atoms with E-state index >= 15 is 0 Å². The predicted octanol–water partition coefficient (Wildman–Crippen LogP) is 2.87. The van der Waals surface area contributed by atoms with E-state index in [2.05, 4.69) is 9.68 Å². The largest absolute Gasteiger partial charge is 0.427 e. The van der Waals surface area contributed by atoms with E-state index < -0.39 is 0 Å². The monoisotopic (exact) mass is 251 g/mol. The van der Waals surface area contributed by atoms with Crippen molar-refractivity contribution in [1.82, 2.24) is 5.16 Å². The van der Waals surface area contributed by atoms with Gasteiger partial charge in [0, 0.05) is 17.5 Å². The maximum Gasteiger partial charge on any atom is 0.311 e. The van der Waals surface area contributed by atoms with E-state index in [0.717, 1.165) is 5.69 Å². The Morgan fingerprint density at radius 3 is 2.71 bits per heavy atom. The molecule has 4 nitrogen and oxygen atoms in total. The topological polar surface area (TPSA) is 52.3 Å². The zero-order valence-corrected chi connectivity index (χ0v) is 9.68. The van der Waals surface area contributed by atoms with Crippen LogP contribution in [0.5, 0.6) is 5.75 Å². The zero-order chi connectivity index (χ0) is 12.1. The smallest absolute Gasteiger partial charge is 0.311 e. The SMILES string of the molecule is O=C(CCc1ccon1)Oc1ccc(Cl)cc1. The summed E-state index contributed by atoms with van der Waals surface area (Å²) in [7, 11) is 0. The molecule has 17 heavy (non-hydrogen) atoms. The molecule has 1 heterocycles. The minimum atomic E-state index is -0.310. The third-order valence-corrected chi connectivity index (χ3v) is 2.37. The lowest BCUT2D eigenvalue weighted by atomic mass is 10.2. The Kier molecular flexibility index (Phi) is 3.77. The molecule has 0 aliphatic rings. The highest BCUT2D eigenvalue weighted by molar-refractivity contribution is 6.30. The first-order valence-electron chi connectivity index (χ1n) is 5.09. The summed E-state index contributed by atoms with van der Waals surface area (Å²) in [4.78, 5) is 11.5. The number of hydrogen-bond acceptors (Lipinski definition) is 4. The Balaban J connectivity index is 1.83. The van der Waals surface area contributed by atoms with Crippen LogP contribution in [0.3, 0.4) is 0 Å². The number of rotatable bonds is 4. The average Bonchev–Trinajstić information content (AvgIpc) is 2.83. The lowest BCUT2D eigenvalue weighted by molar-refractivity contribution is -0.134. The average molecular weight is 252 g/mol. The summed E-state index contributed by atoms with van der Waals surface area (Å²) in [5.41, 5.74) is 0.734. The normalized spacial score (nSPS) is 10.2. The van der Waals surface area contributed by atoms with Crippen LogP contribution >= 0.6 is 11.6 Å². The molecule has 0 amide bonds. The minimum absolute atomic E-state index is 0.259. The van der Waals surface area contributed by atoms with Gasteiger partial charge in [0.05, 0.1) is 12.1 Å². The molecule has 2 rings (SSSR count). The Morgan fingerprint density at radius 2 is 2.06 bits per heavy atom. The van der Waals surface area contributed by atoms with Crippen molar-refractivity contribution in [3.8, 4) is 5.75 Å². The van der Waals surface area contributed by atoms with E-state index in [-0.39, 0.29) is 12.4 Å². The molecule has 0 aliphatic carbocycles. The Morgan fingerprint density at radius 1 is 1.29 bits per heavy atom.